The summed E-state index contributed by atoms with van der Waals surface area (Å²) in [6.45, 7) is 6.14. The van der Waals surface area contributed by atoms with E-state index in [0.717, 1.165) is 10.0 Å². The Bertz CT molecular complexity index is 393. The summed E-state index contributed by atoms with van der Waals surface area (Å²) in [5, 5.41) is 11.9. The van der Waals surface area contributed by atoms with E-state index in [1.54, 1.807) is 6.20 Å². The number of hydrogen-bond acceptors (Lipinski definition) is 3. The number of hydrogen-bond donors (Lipinski definition) is 1. The third-order valence-electron chi connectivity index (χ3n) is 1.72. The van der Waals surface area contributed by atoms with Gasteiger partial charge in [-0.3, -0.25) is 0 Å². The van der Waals surface area contributed by atoms with Gasteiger partial charge in [-0.1, -0.05) is 22.5 Å². The monoisotopic (exact) mass is 251 g/mol. The molecule has 72 valence electrons. The highest BCUT2D eigenvalue weighted by Gasteiger charge is 2.05. The number of pyridine rings is 1. The quantitative estimate of drug-likeness (QED) is 0.899. The first-order valence-electron chi connectivity index (χ1n) is 4.08. The van der Waals surface area contributed by atoms with E-state index >= 15 is 0 Å². The maximum atomic E-state index is 8.90. The van der Waals surface area contributed by atoms with Crippen molar-refractivity contribution in [1.29, 1.82) is 5.26 Å². The minimum absolute atomic E-state index is 0.561. The maximum Gasteiger partial charge on any atom is 0.144 e. The first-order chi connectivity index (χ1) is 6.65. The van der Waals surface area contributed by atoms with Crippen LogP contribution in [0.4, 0.5) is 5.82 Å². The Kier molecular flexibility index (Phi) is 3.66. The Morgan fingerprint density at radius 3 is 3.07 bits per heavy atom. The van der Waals surface area contributed by atoms with Crippen molar-refractivity contribution in [2.45, 2.75) is 6.92 Å². The van der Waals surface area contributed by atoms with Crippen molar-refractivity contribution in [3.63, 3.8) is 0 Å². The molecule has 4 heteroatoms. The van der Waals surface area contributed by atoms with Crippen LogP contribution in [0.3, 0.4) is 0 Å². The largest absolute Gasteiger partial charge is 0.364 e. The van der Waals surface area contributed by atoms with Crippen LogP contribution in [0, 0.1) is 18.3 Å². The second-order valence-corrected chi connectivity index (χ2v) is 3.96. The highest BCUT2D eigenvalue weighted by Crippen LogP contribution is 2.15. The van der Waals surface area contributed by atoms with E-state index in [1.807, 2.05) is 13.0 Å². The van der Waals surface area contributed by atoms with Gasteiger partial charge in [0.05, 0.1) is 5.56 Å². The molecule has 1 heterocycles. The molecule has 0 atom stereocenters. The molecule has 0 aliphatic rings. The van der Waals surface area contributed by atoms with E-state index in [1.165, 1.54) is 0 Å². The third-order valence-corrected chi connectivity index (χ3v) is 2.00. The van der Waals surface area contributed by atoms with Gasteiger partial charge in [-0.2, -0.15) is 5.26 Å². The van der Waals surface area contributed by atoms with Gasteiger partial charge in [0, 0.05) is 17.2 Å². The van der Waals surface area contributed by atoms with Crippen LogP contribution in [0.2, 0.25) is 0 Å². The van der Waals surface area contributed by atoms with Crippen molar-refractivity contribution in [3.05, 3.63) is 34.5 Å². The lowest BCUT2D eigenvalue weighted by Gasteiger charge is -2.07. The van der Waals surface area contributed by atoms with Gasteiger partial charge < -0.3 is 5.32 Å². The summed E-state index contributed by atoms with van der Waals surface area (Å²) >= 11 is 3.23. The van der Waals surface area contributed by atoms with Gasteiger partial charge in [-0.05, 0) is 18.6 Å². The molecule has 3 nitrogen and oxygen atoms in total. The van der Waals surface area contributed by atoms with E-state index in [-0.39, 0.29) is 0 Å². The van der Waals surface area contributed by atoms with Gasteiger partial charge in [0.15, 0.2) is 0 Å². The molecule has 0 spiro atoms. The molecule has 0 bridgehead atoms. The first kappa shape index (κ1) is 10.7. The SMILES string of the molecule is C=C(Br)CNc1nccc(C)c1C#N. The number of nitriles is 1. The van der Waals surface area contributed by atoms with Gasteiger partial charge in [0.25, 0.3) is 0 Å². The number of aryl methyl sites for hydroxylation is 1. The number of nitrogens with zero attached hydrogens (tertiary/aromatic N) is 2. The summed E-state index contributed by atoms with van der Waals surface area (Å²) in [4.78, 5) is 4.09. The number of anilines is 1. The molecule has 0 aromatic carbocycles. The average Bonchev–Trinajstić information content (AvgIpc) is 2.14. The Hall–Kier alpha value is -1.34. The Labute approximate surface area is 91.6 Å². The van der Waals surface area contributed by atoms with Crippen molar-refractivity contribution >= 4 is 21.7 Å². The van der Waals surface area contributed by atoms with Crippen molar-refractivity contribution in [2.24, 2.45) is 0 Å². The second kappa shape index (κ2) is 4.77. The summed E-state index contributed by atoms with van der Waals surface area (Å²) in [6, 6.07) is 3.93. The smallest absolute Gasteiger partial charge is 0.144 e. The molecule has 0 saturated carbocycles. The lowest BCUT2D eigenvalue weighted by molar-refractivity contribution is 1.19. The molecule has 0 unspecified atom stereocenters. The van der Waals surface area contributed by atoms with Gasteiger partial charge in [0.2, 0.25) is 0 Å². The Morgan fingerprint density at radius 1 is 1.79 bits per heavy atom. The fourth-order valence-electron chi connectivity index (χ4n) is 1.01. The maximum absolute atomic E-state index is 8.90. The van der Waals surface area contributed by atoms with Gasteiger partial charge >= 0.3 is 0 Å². The summed E-state index contributed by atoms with van der Waals surface area (Å²) in [5.74, 6) is 0.605. The molecule has 1 aromatic rings. The predicted molar refractivity (Wildman–Crippen MR) is 60.2 cm³/mol. The molecule has 0 fully saturated rings. The van der Waals surface area contributed by atoms with Crippen LogP contribution < -0.4 is 5.32 Å². The molecule has 1 rings (SSSR count). The zero-order valence-corrected chi connectivity index (χ0v) is 9.43. The summed E-state index contributed by atoms with van der Waals surface area (Å²) in [6.07, 6.45) is 1.68. The summed E-state index contributed by atoms with van der Waals surface area (Å²) in [7, 11) is 0. The molecule has 1 aromatic heterocycles. The summed E-state index contributed by atoms with van der Waals surface area (Å²) < 4.78 is 0.824. The highest BCUT2D eigenvalue weighted by atomic mass is 79.9. The molecule has 1 N–H and O–H groups in total. The Balaban J connectivity index is 2.92. The lowest BCUT2D eigenvalue weighted by Crippen LogP contribution is -2.05. The molecular formula is C10H10BrN3. The highest BCUT2D eigenvalue weighted by molar-refractivity contribution is 9.11. The van der Waals surface area contributed by atoms with Crippen LogP contribution >= 0.6 is 15.9 Å². The van der Waals surface area contributed by atoms with Crippen LogP contribution in [-0.2, 0) is 0 Å². The fraction of sp³-hybridized carbons (Fsp3) is 0.200. The van der Waals surface area contributed by atoms with E-state index in [2.05, 4.69) is 38.9 Å². The van der Waals surface area contributed by atoms with Crippen LogP contribution in [0.5, 0.6) is 0 Å². The fourth-order valence-corrected chi connectivity index (χ4v) is 1.15. The van der Waals surface area contributed by atoms with E-state index in [9.17, 15) is 0 Å². The standard InChI is InChI=1S/C10H10BrN3/c1-7-3-4-13-10(9(7)5-12)14-6-8(2)11/h3-4H,2,6H2,1H3,(H,13,14). The van der Waals surface area contributed by atoms with Gasteiger partial charge in [0.1, 0.15) is 11.9 Å². The normalized spacial score (nSPS) is 9.21. The zero-order valence-electron chi connectivity index (χ0n) is 7.84. The van der Waals surface area contributed by atoms with Crippen LogP contribution in [0.25, 0.3) is 0 Å². The topological polar surface area (TPSA) is 48.7 Å². The van der Waals surface area contributed by atoms with Crippen LogP contribution in [0.15, 0.2) is 23.3 Å². The minimum Gasteiger partial charge on any atom is -0.364 e. The summed E-state index contributed by atoms with van der Waals surface area (Å²) in [5.41, 5.74) is 1.51. The molecule has 0 saturated heterocycles. The molecular weight excluding hydrogens is 242 g/mol. The minimum atomic E-state index is 0.561. The molecule has 0 radical (unpaired) electrons. The van der Waals surface area contributed by atoms with Crippen molar-refractivity contribution < 1.29 is 0 Å². The lowest BCUT2D eigenvalue weighted by atomic mass is 10.1. The predicted octanol–water partition coefficient (Wildman–Crippen LogP) is 2.58. The Morgan fingerprint density at radius 2 is 2.50 bits per heavy atom. The molecule has 0 aliphatic heterocycles. The van der Waals surface area contributed by atoms with Gasteiger partial charge in [-0.25, -0.2) is 4.98 Å². The molecule has 14 heavy (non-hydrogen) atoms. The number of rotatable bonds is 3. The molecule has 0 amide bonds. The van der Waals surface area contributed by atoms with Crippen molar-refractivity contribution in [1.82, 2.24) is 4.98 Å². The van der Waals surface area contributed by atoms with Crippen LogP contribution in [-0.4, -0.2) is 11.5 Å². The van der Waals surface area contributed by atoms with E-state index in [0.29, 0.717) is 17.9 Å². The average molecular weight is 252 g/mol. The first-order valence-corrected chi connectivity index (χ1v) is 4.87. The van der Waals surface area contributed by atoms with Crippen molar-refractivity contribution in [3.8, 4) is 6.07 Å². The third kappa shape index (κ3) is 2.57. The number of halogens is 1. The van der Waals surface area contributed by atoms with Crippen molar-refractivity contribution in [2.75, 3.05) is 11.9 Å². The molecule has 0 aliphatic carbocycles. The second-order valence-electron chi connectivity index (χ2n) is 2.83. The van der Waals surface area contributed by atoms with Crippen LogP contribution in [0.1, 0.15) is 11.1 Å². The zero-order chi connectivity index (χ0) is 10.6. The van der Waals surface area contributed by atoms with E-state index < -0.39 is 0 Å². The number of aromatic nitrogens is 1. The van der Waals surface area contributed by atoms with Gasteiger partial charge in [-0.15, -0.1) is 0 Å². The number of nitrogens with one attached hydrogen (secondary N) is 1. The van der Waals surface area contributed by atoms with E-state index in [4.69, 9.17) is 5.26 Å².